The van der Waals surface area contributed by atoms with Gasteiger partial charge >= 0.3 is 5.97 Å². The first-order chi connectivity index (χ1) is 19.4. The lowest BCUT2D eigenvalue weighted by Crippen LogP contribution is -2.45. The van der Waals surface area contributed by atoms with Crippen LogP contribution in [0.1, 0.15) is 60.7 Å². The molecule has 0 saturated heterocycles. The van der Waals surface area contributed by atoms with Gasteiger partial charge in [0.05, 0.1) is 23.7 Å². The smallest absolute Gasteiger partial charge is 0.306 e. The lowest BCUT2D eigenvalue weighted by molar-refractivity contribution is -0.143. The van der Waals surface area contributed by atoms with Crippen LogP contribution in [0.15, 0.2) is 58.6 Å². The fourth-order valence-corrected chi connectivity index (χ4v) is 5.76. The summed E-state index contributed by atoms with van der Waals surface area (Å²) in [6.45, 7) is 5.52. The van der Waals surface area contributed by atoms with Gasteiger partial charge < -0.3 is 23.7 Å². The Kier molecular flexibility index (Phi) is 7.27. The van der Waals surface area contributed by atoms with E-state index in [1.54, 1.807) is 31.5 Å². The largest absolute Gasteiger partial charge is 0.466 e. The number of hydrogen-bond donors (Lipinski definition) is 0. The number of pyridine rings is 1. The Balaban J connectivity index is 1.27. The number of aryl methyl sites for hydroxylation is 2. The van der Waals surface area contributed by atoms with E-state index in [0.29, 0.717) is 59.0 Å². The molecule has 0 atom stereocenters. The predicted molar refractivity (Wildman–Crippen MR) is 151 cm³/mol. The van der Waals surface area contributed by atoms with Crippen molar-refractivity contribution in [1.29, 1.82) is 0 Å². The van der Waals surface area contributed by atoms with Crippen molar-refractivity contribution in [3.8, 4) is 11.5 Å². The van der Waals surface area contributed by atoms with Gasteiger partial charge in [0, 0.05) is 55.1 Å². The molecule has 2 aromatic heterocycles. The first-order valence-corrected chi connectivity index (χ1v) is 14.3. The third kappa shape index (κ3) is 5.08. The number of furan rings is 1. The van der Waals surface area contributed by atoms with Crippen molar-refractivity contribution in [2.75, 3.05) is 19.7 Å². The molecule has 3 aromatic rings. The maximum absolute atomic E-state index is 13.9. The summed E-state index contributed by atoms with van der Waals surface area (Å²) in [5, 5.41) is 1.19. The van der Waals surface area contributed by atoms with Crippen molar-refractivity contribution >= 4 is 34.4 Å². The summed E-state index contributed by atoms with van der Waals surface area (Å²) in [6.07, 6.45) is 12.4. The topological polar surface area (TPSA) is 85.1 Å². The van der Waals surface area contributed by atoms with Crippen LogP contribution in [0.25, 0.3) is 11.0 Å². The molecule has 0 spiro atoms. The molecule has 208 valence electrons. The zero-order valence-corrected chi connectivity index (χ0v) is 23.5. The fraction of sp³-hybridized carbons (Fsp3) is 0.387. The zero-order valence-electron chi connectivity index (χ0n) is 22.7. The van der Waals surface area contributed by atoms with Crippen molar-refractivity contribution in [1.82, 2.24) is 14.8 Å². The molecular formula is C31H32ClN3O5. The average molecular weight is 562 g/mol. The first-order valence-electron chi connectivity index (χ1n) is 13.9. The Morgan fingerprint density at radius 3 is 2.85 bits per heavy atom. The fourth-order valence-electron chi connectivity index (χ4n) is 5.57. The number of hydrogen-bond acceptors (Lipinski definition) is 7. The number of fused-ring (bicyclic) bond motifs is 1. The Bertz CT molecular complexity index is 1540. The van der Waals surface area contributed by atoms with E-state index >= 15 is 0 Å². The highest BCUT2D eigenvalue weighted by atomic mass is 35.5. The molecule has 0 bridgehead atoms. The number of carbonyl (C=O) groups excluding carboxylic acids is 2. The van der Waals surface area contributed by atoms with Crippen LogP contribution in [0.2, 0.25) is 5.02 Å². The Hall–Kier alpha value is -3.78. The molecule has 3 aliphatic rings. The summed E-state index contributed by atoms with van der Waals surface area (Å²) in [4.78, 5) is 34.3. The van der Waals surface area contributed by atoms with Gasteiger partial charge in [-0.3, -0.25) is 14.6 Å². The predicted octanol–water partition coefficient (Wildman–Crippen LogP) is 6.56. The van der Waals surface area contributed by atoms with E-state index in [2.05, 4.69) is 22.0 Å². The normalized spacial score (nSPS) is 16.9. The van der Waals surface area contributed by atoms with Crippen LogP contribution >= 0.6 is 11.6 Å². The van der Waals surface area contributed by atoms with E-state index in [0.717, 1.165) is 36.0 Å². The number of halogens is 1. The van der Waals surface area contributed by atoms with Gasteiger partial charge in [0.15, 0.2) is 0 Å². The second kappa shape index (κ2) is 11.0. The highest BCUT2D eigenvalue weighted by Gasteiger charge is 2.37. The monoisotopic (exact) mass is 561 g/mol. The molecule has 0 N–H and O–H groups in total. The SMILES string of the molecule is CCOC(=O)CCc1oc2cc(Cl)c(Oc3ccncc3C(=O)N3CCN(C4CC4)C4=C3C=CCC4)cc2c1C. The Morgan fingerprint density at radius 2 is 2.05 bits per heavy atom. The highest BCUT2D eigenvalue weighted by Crippen LogP contribution is 2.40. The van der Waals surface area contributed by atoms with Crippen molar-refractivity contribution in [3.63, 3.8) is 0 Å². The molecule has 9 heteroatoms. The number of carbonyl (C=O) groups is 2. The Labute approximate surface area is 238 Å². The molecule has 3 heterocycles. The van der Waals surface area contributed by atoms with Crippen LogP contribution in [0.4, 0.5) is 0 Å². The van der Waals surface area contributed by atoms with Gasteiger partial charge in [0.2, 0.25) is 0 Å². The number of benzene rings is 1. The number of ether oxygens (including phenoxy) is 2. The number of allylic oxidation sites excluding steroid dienone is 3. The van der Waals surface area contributed by atoms with E-state index < -0.39 is 0 Å². The van der Waals surface area contributed by atoms with Crippen LogP contribution < -0.4 is 4.74 Å². The maximum atomic E-state index is 13.9. The molecule has 1 saturated carbocycles. The minimum absolute atomic E-state index is 0.143. The molecule has 8 nitrogen and oxygen atoms in total. The first kappa shape index (κ1) is 26.4. The van der Waals surface area contributed by atoms with Crippen LogP contribution in [0.5, 0.6) is 11.5 Å². The van der Waals surface area contributed by atoms with Crippen LogP contribution in [-0.4, -0.2) is 52.4 Å². The van der Waals surface area contributed by atoms with Gasteiger partial charge in [-0.2, -0.15) is 0 Å². The molecule has 0 radical (unpaired) electrons. The van der Waals surface area contributed by atoms with Crippen LogP contribution in [0, 0.1) is 6.92 Å². The molecule has 6 rings (SSSR count). The summed E-state index contributed by atoms with van der Waals surface area (Å²) in [6, 6.07) is 5.82. The number of rotatable bonds is 8. The summed E-state index contributed by atoms with van der Waals surface area (Å²) >= 11 is 6.61. The van der Waals surface area contributed by atoms with Gasteiger partial charge in [-0.1, -0.05) is 17.7 Å². The molecular weight excluding hydrogens is 530 g/mol. The van der Waals surface area contributed by atoms with E-state index in [4.69, 9.17) is 25.5 Å². The number of amides is 1. The lowest BCUT2D eigenvalue weighted by atomic mass is 10.0. The summed E-state index contributed by atoms with van der Waals surface area (Å²) in [7, 11) is 0. The third-order valence-corrected chi connectivity index (χ3v) is 8.03. The number of nitrogens with zero attached hydrogens (tertiary/aromatic N) is 3. The number of esters is 1. The number of aromatic nitrogens is 1. The molecule has 1 amide bonds. The maximum Gasteiger partial charge on any atom is 0.306 e. The zero-order chi connectivity index (χ0) is 27.8. The van der Waals surface area contributed by atoms with E-state index in [9.17, 15) is 9.59 Å². The molecule has 40 heavy (non-hydrogen) atoms. The minimum Gasteiger partial charge on any atom is -0.466 e. The average Bonchev–Trinajstić information content (AvgIpc) is 3.76. The van der Waals surface area contributed by atoms with Crippen LogP contribution in [-0.2, 0) is 16.0 Å². The lowest BCUT2D eigenvalue weighted by Gasteiger charge is -2.40. The quantitative estimate of drug-likeness (QED) is 0.288. The van der Waals surface area contributed by atoms with Crippen LogP contribution in [0.3, 0.4) is 0 Å². The summed E-state index contributed by atoms with van der Waals surface area (Å²) in [5.41, 5.74) is 4.14. The van der Waals surface area contributed by atoms with Crippen molar-refractivity contribution < 1.29 is 23.5 Å². The minimum atomic E-state index is -0.264. The second-order valence-electron chi connectivity index (χ2n) is 10.4. The molecule has 1 aromatic carbocycles. The summed E-state index contributed by atoms with van der Waals surface area (Å²) < 4.78 is 17.3. The van der Waals surface area contributed by atoms with Gasteiger partial charge in [-0.05, 0) is 63.3 Å². The van der Waals surface area contributed by atoms with Gasteiger partial charge in [-0.25, -0.2) is 0 Å². The van der Waals surface area contributed by atoms with E-state index in [1.807, 2.05) is 17.9 Å². The van der Waals surface area contributed by atoms with E-state index in [1.165, 1.54) is 18.5 Å². The van der Waals surface area contributed by atoms with E-state index in [-0.39, 0.29) is 18.3 Å². The third-order valence-electron chi connectivity index (χ3n) is 7.74. The van der Waals surface area contributed by atoms with Gasteiger partial charge in [0.25, 0.3) is 5.91 Å². The Morgan fingerprint density at radius 1 is 1.20 bits per heavy atom. The van der Waals surface area contributed by atoms with Crippen molar-refractivity contribution in [2.24, 2.45) is 0 Å². The van der Waals surface area contributed by atoms with Crippen molar-refractivity contribution in [2.45, 2.75) is 58.4 Å². The molecule has 1 fully saturated rings. The second-order valence-corrected chi connectivity index (χ2v) is 10.8. The highest BCUT2D eigenvalue weighted by molar-refractivity contribution is 6.32. The van der Waals surface area contributed by atoms with Crippen molar-refractivity contribution in [3.05, 3.63) is 76.0 Å². The molecule has 0 unspecified atom stereocenters. The molecule has 2 aliphatic carbocycles. The molecule has 1 aliphatic heterocycles. The van der Waals surface area contributed by atoms with Gasteiger partial charge in [-0.15, -0.1) is 0 Å². The van der Waals surface area contributed by atoms with Gasteiger partial charge in [0.1, 0.15) is 28.4 Å². The standard InChI is InChI=1S/C31H32ClN3O5/c1-3-38-30(36)11-10-26-19(2)21-16-29(23(32)17-28(21)39-26)40-27-12-13-33-18-22(27)31(37)35-15-14-34(20-8-9-20)24-6-4-5-7-25(24)35/h5,7,12-13,16-18,20H,3-4,6,8-11,14-15H2,1-2H3. The summed E-state index contributed by atoms with van der Waals surface area (Å²) in [5.74, 6) is 1.09.